The predicted molar refractivity (Wildman–Crippen MR) is 71.3 cm³/mol. The minimum atomic E-state index is 0.701. The van der Waals surface area contributed by atoms with Crippen molar-refractivity contribution < 1.29 is 4.74 Å². The third kappa shape index (κ3) is 2.88. The zero-order valence-corrected chi connectivity index (χ0v) is 11.6. The summed E-state index contributed by atoms with van der Waals surface area (Å²) < 4.78 is 8.36. The summed E-state index contributed by atoms with van der Waals surface area (Å²) in [5, 5.41) is 0. The van der Waals surface area contributed by atoms with E-state index in [0.717, 1.165) is 16.8 Å². The van der Waals surface area contributed by atoms with E-state index in [-0.39, 0.29) is 0 Å². The molecule has 0 saturated carbocycles. The fourth-order valence-electron chi connectivity index (χ4n) is 1.69. The first-order valence-corrected chi connectivity index (χ1v) is 6.37. The smallest absolute Gasteiger partial charge is 0.127 e. The Balaban J connectivity index is 2.14. The lowest BCUT2D eigenvalue weighted by Crippen LogP contribution is -1.97. The highest BCUT2D eigenvalue weighted by Crippen LogP contribution is 2.19. The number of halogens is 1. The highest BCUT2D eigenvalue weighted by molar-refractivity contribution is 9.10. The maximum absolute atomic E-state index is 5.42. The molecule has 2 rings (SSSR count). The van der Waals surface area contributed by atoms with Crippen LogP contribution >= 0.6 is 15.9 Å². The Morgan fingerprint density at radius 2 is 2.00 bits per heavy atom. The van der Waals surface area contributed by atoms with Gasteiger partial charge in [0.05, 0.1) is 18.6 Å². The predicted octanol–water partition coefficient (Wildman–Crippen LogP) is 3.17. The fourth-order valence-corrected chi connectivity index (χ4v) is 2.20. The van der Waals surface area contributed by atoms with Crippen molar-refractivity contribution in [2.24, 2.45) is 7.05 Å². The molecule has 0 N–H and O–H groups in total. The maximum Gasteiger partial charge on any atom is 0.127 e. The Labute approximate surface area is 110 Å². The van der Waals surface area contributed by atoms with Crippen LogP contribution in [-0.4, -0.2) is 16.2 Å². The molecule has 0 atom stereocenters. The van der Waals surface area contributed by atoms with Crippen molar-refractivity contribution in [3.05, 3.63) is 46.5 Å². The van der Waals surface area contributed by atoms with Crippen molar-refractivity contribution in [3.63, 3.8) is 0 Å². The van der Waals surface area contributed by atoms with Gasteiger partial charge in [-0.3, -0.25) is 0 Å². The van der Waals surface area contributed by atoms with Gasteiger partial charge in [-0.25, -0.2) is 4.98 Å². The first-order valence-electron chi connectivity index (χ1n) is 5.58. The van der Waals surface area contributed by atoms with E-state index < -0.39 is 0 Å². The Kier molecular flexibility index (Phi) is 3.84. The van der Waals surface area contributed by atoms with Gasteiger partial charge >= 0.3 is 0 Å². The normalized spacial score (nSPS) is 10.5. The van der Waals surface area contributed by atoms with E-state index in [0.29, 0.717) is 6.61 Å². The first-order chi connectivity index (χ1) is 8.20. The average Bonchev–Trinajstić information content (AvgIpc) is 2.64. The Bertz CT molecular complexity index is 471. The summed E-state index contributed by atoms with van der Waals surface area (Å²) in [6, 6.07) is 8.18. The van der Waals surface area contributed by atoms with Crippen molar-refractivity contribution >= 4 is 15.9 Å². The number of rotatable bonds is 4. The number of nitrogens with zero attached hydrogens (tertiary/aromatic N) is 2. The molecule has 0 spiro atoms. The van der Waals surface area contributed by atoms with Crippen LogP contribution in [0.25, 0.3) is 0 Å². The Morgan fingerprint density at radius 1 is 1.29 bits per heavy atom. The molecular formula is C13H15BrN2O. The molecule has 1 heterocycles. The van der Waals surface area contributed by atoms with Gasteiger partial charge in [0.15, 0.2) is 0 Å². The molecule has 3 nitrogen and oxygen atoms in total. The van der Waals surface area contributed by atoms with Crippen LogP contribution in [0.2, 0.25) is 0 Å². The van der Waals surface area contributed by atoms with Gasteiger partial charge in [-0.2, -0.15) is 0 Å². The van der Waals surface area contributed by atoms with E-state index in [1.807, 2.05) is 37.0 Å². The van der Waals surface area contributed by atoms with E-state index in [1.165, 1.54) is 11.3 Å². The summed E-state index contributed by atoms with van der Waals surface area (Å²) in [5.41, 5.74) is 2.42. The van der Waals surface area contributed by atoms with E-state index in [4.69, 9.17) is 4.74 Å². The van der Waals surface area contributed by atoms with Crippen LogP contribution in [0.4, 0.5) is 0 Å². The number of imidazole rings is 1. The molecule has 90 valence electrons. The highest BCUT2D eigenvalue weighted by Gasteiger charge is 2.06. The molecule has 0 amide bonds. The number of hydrogen-bond donors (Lipinski definition) is 0. The number of aryl methyl sites for hydroxylation is 1. The second-order valence-corrected chi connectivity index (χ2v) is 4.60. The second kappa shape index (κ2) is 5.36. The van der Waals surface area contributed by atoms with Crippen molar-refractivity contribution in [2.45, 2.75) is 13.3 Å². The van der Waals surface area contributed by atoms with Crippen LogP contribution in [0.1, 0.15) is 18.2 Å². The number of hydrogen-bond acceptors (Lipinski definition) is 2. The molecular weight excluding hydrogens is 280 g/mol. The zero-order chi connectivity index (χ0) is 12.3. The van der Waals surface area contributed by atoms with E-state index in [9.17, 15) is 0 Å². The largest absolute Gasteiger partial charge is 0.494 e. The highest BCUT2D eigenvalue weighted by atomic mass is 79.9. The lowest BCUT2D eigenvalue weighted by molar-refractivity contribution is 0.340. The lowest BCUT2D eigenvalue weighted by atomic mass is 10.1. The van der Waals surface area contributed by atoms with Gasteiger partial charge in [-0.1, -0.05) is 12.1 Å². The maximum atomic E-state index is 5.42. The van der Waals surface area contributed by atoms with Crippen molar-refractivity contribution in [2.75, 3.05) is 6.61 Å². The Hall–Kier alpha value is -1.29. The molecule has 1 aromatic heterocycles. The van der Waals surface area contributed by atoms with Crippen LogP contribution in [0.5, 0.6) is 5.75 Å². The standard InChI is InChI=1S/C13H15BrN2O/c1-3-17-11-6-4-10(5-7-11)8-12-13(14)15-9-16(12)2/h4-7,9H,3,8H2,1-2H3. The van der Waals surface area contributed by atoms with Crippen LogP contribution in [-0.2, 0) is 13.5 Å². The summed E-state index contributed by atoms with van der Waals surface area (Å²) in [5.74, 6) is 0.917. The van der Waals surface area contributed by atoms with Crippen LogP contribution in [0, 0.1) is 0 Å². The summed E-state index contributed by atoms with van der Waals surface area (Å²) in [6.07, 6.45) is 2.68. The molecule has 0 fully saturated rings. The van der Waals surface area contributed by atoms with Crippen LogP contribution < -0.4 is 4.74 Å². The van der Waals surface area contributed by atoms with Gasteiger partial charge in [0, 0.05) is 13.5 Å². The van der Waals surface area contributed by atoms with E-state index in [1.54, 1.807) is 0 Å². The summed E-state index contributed by atoms with van der Waals surface area (Å²) in [4.78, 5) is 4.21. The van der Waals surface area contributed by atoms with Crippen molar-refractivity contribution in [1.29, 1.82) is 0 Å². The van der Waals surface area contributed by atoms with Crippen molar-refractivity contribution in [3.8, 4) is 5.75 Å². The van der Waals surface area contributed by atoms with Gasteiger partial charge in [0.2, 0.25) is 0 Å². The van der Waals surface area contributed by atoms with Gasteiger partial charge in [0.25, 0.3) is 0 Å². The molecule has 0 saturated heterocycles. The minimum Gasteiger partial charge on any atom is -0.494 e. The molecule has 4 heteroatoms. The lowest BCUT2D eigenvalue weighted by Gasteiger charge is -2.06. The molecule has 0 bridgehead atoms. The second-order valence-electron chi connectivity index (χ2n) is 3.85. The monoisotopic (exact) mass is 294 g/mol. The fraction of sp³-hybridized carbons (Fsp3) is 0.308. The number of ether oxygens (including phenoxy) is 1. The van der Waals surface area contributed by atoms with Crippen LogP contribution in [0.15, 0.2) is 35.2 Å². The zero-order valence-electron chi connectivity index (χ0n) is 9.98. The SMILES string of the molecule is CCOc1ccc(Cc2c(Br)ncn2C)cc1. The minimum absolute atomic E-state index is 0.701. The average molecular weight is 295 g/mol. The Morgan fingerprint density at radius 3 is 2.53 bits per heavy atom. The molecule has 0 aliphatic heterocycles. The van der Waals surface area contributed by atoms with Crippen molar-refractivity contribution in [1.82, 2.24) is 9.55 Å². The molecule has 2 aromatic rings. The molecule has 0 radical (unpaired) electrons. The third-order valence-corrected chi connectivity index (χ3v) is 3.28. The summed E-state index contributed by atoms with van der Waals surface area (Å²) in [7, 11) is 2.00. The summed E-state index contributed by atoms with van der Waals surface area (Å²) >= 11 is 3.46. The molecule has 0 aliphatic rings. The molecule has 1 aromatic carbocycles. The van der Waals surface area contributed by atoms with E-state index >= 15 is 0 Å². The first kappa shape index (κ1) is 12.2. The number of aromatic nitrogens is 2. The topological polar surface area (TPSA) is 27.1 Å². The quantitative estimate of drug-likeness (QED) is 0.866. The molecule has 0 unspecified atom stereocenters. The van der Waals surface area contributed by atoms with Gasteiger partial charge in [0.1, 0.15) is 10.4 Å². The van der Waals surface area contributed by atoms with E-state index in [2.05, 4.69) is 33.0 Å². The molecule has 0 aliphatic carbocycles. The molecule has 17 heavy (non-hydrogen) atoms. The van der Waals surface area contributed by atoms with Gasteiger partial charge in [-0.05, 0) is 40.5 Å². The third-order valence-electron chi connectivity index (χ3n) is 2.61. The van der Waals surface area contributed by atoms with Gasteiger partial charge < -0.3 is 9.30 Å². The number of benzene rings is 1. The summed E-state index contributed by atoms with van der Waals surface area (Å²) in [6.45, 7) is 2.69. The van der Waals surface area contributed by atoms with Gasteiger partial charge in [-0.15, -0.1) is 0 Å². The van der Waals surface area contributed by atoms with Crippen LogP contribution in [0.3, 0.4) is 0 Å².